The zero-order chi connectivity index (χ0) is 16.9. The molecule has 3 rings (SSSR count). The largest absolute Gasteiger partial charge is 0.488 e. The number of halogens is 2. The van der Waals surface area contributed by atoms with Gasteiger partial charge >= 0.3 is 0 Å². The van der Waals surface area contributed by atoms with Gasteiger partial charge < -0.3 is 10.1 Å². The second kappa shape index (κ2) is 7.71. The Morgan fingerprint density at radius 1 is 1.33 bits per heavy atom. The van der Waals surface area contributed by atoms with Crippen LogP contribution in [0, 0.1) is 0 Å². The van der Waals surface area contributed by atoms with Crippen molar-refractivity contribution in [2.24, 2.45) is 0 Å². The number of thioether (sulfide) groups is 1. The predicted molar refractivity (Wildman–Crippen MR) is 92.3 cm³/mol. The van der Waals surface area contributed by atoms with Gasteiger partial charge in [-0.15, -0.1) is 11.3 Å². The van der Waals surface area contributed by atoms with E-state index in [1.165, 1.54) is 17.7 Å². The molecule has 0 saturated carbocycles. The van der Waals surface area contributed by atoms with E-state index in [-0.39, 0.29) is 0 Å². The number of thiazole rings is 1. The highest BCUT2D eigenvalue weighted by molar-refractivity contribution is 8.00. The Morgan fingerprint density at radius 2 is 2.21 bits per heavy atom. The Morgan fingerprint density at radius 3 is 3.00 bits per heavy atom. The van der Waals surface area contributed by atoms with Crippen molar-refractivity contribution >= 4 is 39.3 Å². The summed E-state index contributed by atoms with van der Waals surface area (Å²) < 4.78 is 31.3. The molecule has 5 nitrogen and oxygen atoms in total. The minimum atomic E-state index is -2.49. The van der Waals surface area contributed by atoms with Crippen LogP contribution in [0.3, 0.4) is 0 Å². The van der Waals surface area contributed by atoms with Crippen molar-refractivity contribution in [2.45, 2.75) is 17.3 Å². The molecule has 0 atom stereocenters. The van der Waals surface area contributed by atoms with Crippen LogP contribution in [-0.2, 0) is 6.54 Å². The maximum Gasteiger partial charge on any atom is 0.272 e. The third-order valence-corrected chi connectivity index (χ3v) is 5.12. The highest BCUT2D eigenvalue weighted by Crippen LogP contribution is 2.31. The van der Waals surface area contributed by atoms with Crippen LogP contribution in [0.5, 0.6) is 5.75 Å². The maximum absolute atomic E-state index is 12.2. The first-order chi connectivity index (χ1) is 11.7. The number of nitrogens with one attached hydrogen (secondary N) is 1. The molecule has 0 radical (unpaired) electrons. The molecule has 0 aliphatic carbocycles. The van der Waals surface area contributed by atoms with E-state index in [2.05, 4.69) is 20.3 Å². The van der Waals surface area contributed by atoms with Gasteiger partial charge in [0.1, 0.15) is 29.2 Å². The molecule has 0 fully saturated rings. The average Bonchev–Trinajstić information content (AvgIpc) is 3.02. The van der Waals surface area contributed by atoms with E-state index in [1.807, 2.05) is 12.3 Å². The lowest BCUT2D eigenvalue weighted by molar-refractivity contribution is 0.0818. The fourth-order valence-electron chi connectivity index (χ4n) is 2.04. The van der Waals surface area contributed by atoms with Gasteiger partial charge in [-0.25, -0.2) is 23.7 Å². The lowest BCUT2D eigenvalue weighted by Gasteiger charge is -2.09. The molecule has 0 unspecified atom stereocenters. The quantitative estimate of drug-likeness (QED) is 0.635. The van der Waals surface area contributed by atoms with Crippen LogP contribution in [0.25, 0.3) is 10.3 Å². The van der Waals surface area contributed by atoms with Crippen molar-refractivity contribution in [2.75, 3.05) is 18.2 Å². The van der Waals surface area contributed by atoms with Crippen LogP contribution >= 0.6 is 23.1 Å². The summed E-state index contributed by atoms with van der Waals surface area (Å²) in [5, 5.41) is 3.24. The van der Waals surface area contributed by atoms with Crippen molar-refractivity contribution in [3.63, 3.8) is 0 Å². The summed E-state index contributed by atoms with van der Waals surface area (Å²) in [6.45, 7) is -0.119. The Balaban J connectivity index is 1.71. The van der Waals surface area contributed by atoms with Crippen LogP contribution in [0.1, 0.15) is 5.56 Å². The number of ether oxygens (including phenoxy) is 1. The minimum Gasteiger partial charge on any atom is -0.488 e. The summed E-state index contributed by atoms with van der Waals surface area (Å²) in [6.07, 6.45) is 0.942. The van der Waals surface area contributed by atoms with E-state index in [1.54, 1.807) is 30.0 Å². The number of anilines is 1. The van der Waals surface area contributed by atoms with Crippen molar-refractivity contribution in [1.29, 1.82) is 0 Å². The summed E-state index contributed by atoms with van der Waals surface area (Å²) in [7, 11) is 0. The Kier molecular flexibility index (Phi) is 5.41. The molecule has 2 heterocycles. The Bertz CT molecular complexity index is 828. The number of nitrogens with zero attached hydrogens (tertiary/aromatic N) is 3. The van der Waals surface area contributed by atoms with E-state index in [0.717, 1.165) is 14.6 Å². The van der Waals surface area contributed by atoms with Crippen molar-refractivity contribution in [1.82, 2.24) is 15.0 Å². The van der Waals surface area contributed by atoms with E-state index in [4.69, 9.17) is 4.74 Å². The molecule has 24 heavy (non-hydrogen) atoms. The van der Waals surface area contributed by atoms with Gasteiger partial charge in [0.2, 0.25) is 0 Å². The number of fused-ring (bicyclic) bond motifs is 1. The van der Waals surface area contributed by atoms with Crippen molar-refractivity contribution in [3.05, 3.63) is 36.2 Å². The number of hydrogen-bond donors (Lipinski definition) is 1. The molecule has 1 N–H and O–H groups in total. The zero-order valence-electron chi connectivity index (χ0n) is 12.7. The first kappa shape index (κ1) is 16.8. The molecule has 0 saturated heterocycles. The lowest BCUT2D eigenvalue weighted by Crippen LogP contribution is -2.07. The summed E-state index contributed by atoms with van der Waals surface area (Å²) >= 11 is 3.09. The molecule has 1 aromatic carbocycles. The van der Waals surface area contributed by atoms with Crippen LogP contribution in [0.15, 0.2) is 34.9 Å². The van der Waals surface area contributed by atoms with Gasteiger partial charge in [0.15, 0.2) is 9.99 Å². The van der Waals surface area contributed by atoms with E-state index in [0.29, 0.717) is 23.8 Å². The van der Waals surface area contributed by atoms with Crippen LogP contribution < -0.4 is 10.1 Å². The van der Waals surface area contributed by atoms with Gasteiger partial charge in [-0.2, -0.15) is 0 Å². The van der Waals surface area contributed by atoms with Crippen LogP contribution in [0.4, 0.5) is 14.6 Å². The number of alkyl halides is 2. The van der Waals surface area contributed by atoms with E-state index < -0.39 is 13.0 Å². The highest BCUT2D eigenvalue weighted by atomic mass is 32.2. The third-order valence-electron chi connectivity index (χ3n) is 3.08. The number of aromatic nitrogens is 3. The van der Waals surface area contributed by atoms with Gasteiger partial charge in [0.25, 0.3) is 6.43 Å². The van der Waals surface area contributed by atoms with Gasteiger partial charge in [0, 0.05) is 6.54 Å². The topological polar surface area (TPSA) is 59.9 Å². The summed E-state index contributed by atoms with van der Waals surface area (Å²) in [5.41, 5.74) is 1.57. The molecule has 0 spiro atoms. The molecule has 9 heteroatoms. The number of rotatable bonds is 7. The average molecular weight is 368 g/mol. The van der Waals surface area contributed by atoms with Gasteiger partial charge in [-0.05, 0) is 24.0 Å². The lowest BCUT2D eigenvalue weighted by atomic mass is 10.2. The molecule has 126 valence electrons. The van der Waals surface area contributed by atoms with Crippen molar-refractivity contribution < 1.29 is 13.5 Å². The maximum atomic E-state index is 12.2. The standard InChI is InChI=1S/C15H14F2N4OS2/c1-23-15-21-14-12(24-15)13(19-8-20-14)18-6-9-3-2-4-10(5-9)22-7-11(16)17/h2-5,8,11H,6-7H2,1H3,(H,18,19,20). The molecule has 0 aliphatic heterocycles. The SMILES string of the molecule is CSc1nc2ncnc(NCc3cccc(OCC(F)F)c3)c2s1. The number of benzene rings is 1. The van der Waals surface area contributed by atoms with Gasteiger partial charge in [0.05, 0.1) is 0 Å². The molecule has 3 aromatic rings. The van der Waals surface area contributed by atoms with Crippen LogP contribution in [-0.4, -0.2) is 34.2 Å². The monoisotopic (exact) mass is 368 g/mol. The molecular weight excluding hydrogens is 354 g/mol. The first-order valence-electron chi connectivity index (χ1n) is 7.05. The normalized spacial score (nSPS) is 11.2. The molecule has 0 bridgehead atoms. The first-order valence-corrected chi connectivity index (χ1v) is 9.09. The van der Waals surface area contributed by atoms with E-state index >= 15 is 0 Å². The second-order valence-electron chi connectivity index (χ2n) is 4.76. The van der Waals surface area contributed by atoms with E-state index in [9.17, 15) is 8.78 Å². The smallest absolute Gasteiger partial charge is 0.272 e. The number of hydrogen-bond acceptors (Lipinski definition) is 7. The zero-order valence-corrected chi connectivity index (χ0v) is 14.3. The predicted octanol–water partition coefficient (Wildman–Crippen LogP) is 4.06. The van der Waals surface area contributed by atoms with Crippen LogP contribution in [0.2, 0.25) is 0 Å². The fourth-order valence-corrected chi connectivity index (χ4v) is 3.52. The minimum absolute atomic E-state index is 0.421. The Labute approximate surface area is 145 Å². The highest BCUT2D eigenvalue weighted by Gasteiger charge is 2.10. The summed E-state index contributed by atoms with van der Waals surface area (Å²) in [4.78, 5) is 12.8. The second-order valence-corrected chi connectivity index (χ2v) is 6.81. The third kappa shape index (κ3) is 4.09. The summed E-state index contributed by atoms with van der Waals surface area (Å²) in [5.74, 6) is 1.13. The van der Waals surface area contributed by atoms with Gasteiger partial charge in [-0.3, -0.25) is 0 Å². The molecule has 0 amide bonds. The fraction of sp³-hybridized carbons (Fsp3) is 0.267. The molecule has 0 aliphatic rings. The van der Waals surface area contributed by atoms with Crippen molar-refractivity contribution in [3.8, 4) is 5.75 Å². The van der Waals surface area contributed by atoms with Gasteiger partial charge in [-0.1, -0.05) is 23.9 Å². The Hall–Kier alpha value is -2.00. The molecule has 2 aromatic heterocycles. The summed E-state index contributed by atoms with van der Waals surface area (Å²) in [6, 6.07) is 7.04. The molecular formula is C15H14F2N4OS2.